The van der Waals surface area contributed by atoms with Gasteiger partial charge in [-0.25, -0.2) is 0 Å². The maximum Gasteiger partial charge on any atom is 0.140 e. The van der Waals surface area contributed by atoms with Gasteiger partial charge in [0, 0.05) is 19.6 Å². The first-order valence-electron chi connectivity index (χ1n) is 6.42. The summed E-state index contributed by atoms with van der Waals surface area (Å²) in [6, 6.07) is 7.59. The first-order chi connectivity index (χ1) is 8.72. The molecular weight excluding hydrogens is 226 g/mol. The average molecular weight is 243 g/mol. The van der Waals surface area contributed by atoms with Crippen LogP contribution in [0.2, 0.25) is 0 Å². The second-order valence-electron chi connectivity index (χ2n) is 5.21. The largest absolute Gasteiger partial charge is 0.486 e. The Morgan fingerprint density at radius 3 is 2.50 bits per heavy atom. The Morgan fingerprint density at radius 2 is 1.89 bits per heavy atom. The summed E-state index contributed by atoms with van der Waals surface area (Å²) in [7, 11) is 0. The third-order valence-electron chi connectivity index (χ3n) is 4.15. The smallest absolute Gasteiger partial charge is 0.140 e. The number of nitrogen functional groups attached to an aromatic ring is 1. The van der Waals surface area contributed by atoms with Crippen LogP contribution in [-0.2, 0) is 0 Å². The van der Waals surface area contributed by atoms with Gasteiger partial charge in [-0.1, -0.05) is 6.07 Å². The van der Waals surface area contributed by atoms with Gasteiger partial charge >= 0.3 is 0 Å². The molecule has 4 rings (SSSR count). The van der Waals surface area contributed by atoms with Gasteiger partial charge in [-0.05, 0) is 31.4 Å². The fraction of sp³-hybridized carbons (Fsp3) is 0.500. The summed E-state index contributed by atoms with van der Waals surface area (Å²) >= 11 is 0. The number of nitrogens with two attached hydrogens (primary N) is 1. The Kier molecular flexibility index (Phi) is 2.64. The molecule has 94 valence electrons. The summed E-state index contributed by atoms with van der Waals surface area (Å²) in [5, 5.41) is 9.18. The van der Waals surface area contributed by atoms with Gasteiger partial charge in [-0.2, -0.15) is 5.26 Å². The van der Waals surface area contributed by atoms with Crippen molar-refractivity contribution in [2.45, 2.75) is 24.9 Å². The molecule has 0 saturated carbocycles. The van der Waals surface area contributed by atoms with E-state index in [2.05, 4.69) is 11.0 Å². The first-order valence-corrected chi connectivity index (χ1v) is 6.42. The van der Waals surface area contributed by atoms with Gasteiger partial charge in [0.15, 0.2) is 0 Å². The van der Waals surface area contributed by atoms with Crippen molar-refractivity contribution in [1.82, 2.24) is 4.90 Å². The van der Waals surface area contributed by atoms with Crippen molar-refractivity contribution in [3.63, 3.8) is 0 Å². The highest BCUT2D eigenvalue weighted by Gasteiger charge is 2.41. The third kappa shape index (κ3) is 1.81. The quantitative estimate of drug-likeness (QED) is 0.804. The van der Waals surface area contributed by atoms with Crippen molar-refractivity contribution in [2.24, 2.45) is 0 Å². The minimum atomic E-state index is -0.0753. The number of nitriles is 1. The van der Waals surface area contributed by atoms with Gasteiger partial charge in [-0.3, -0.25) is 0 Å². The highest BCUT2D eigenvalue weighted by molar-refractivity contribution is 5.61. The Balaban J connectivity index is 1.89. The van der Waals surface area contributed by atoms with Gasteiger partial charge in [0.05, 0.1) is 5.69 Å². The summed E-state index contributed by atoms with van der Waals surface area (Å²) < 4.78 is 6.20. The zero-order chi connectivity index (χ0) is 12.6. The van der Waals surface area contributed by atoms with E-state index in [0.29, 0.717) is 17.0 Å². The summed E-state index contributed by atoms with van der Waals surface area (Å²) in [5.74, 6) is 0.646. The second kappa shape index (κ2) is 4.18. The SMILES string of the molecule is N#Cc1c(N)cccc1OC12CCN(CC1)CC2. The molecule has 1 aromatic carbocycles. The van der Waals surface area contributed by atoms with Crippen LogP contribution in [-0.4, -0.2) is 30.1 Å². The number of benzene rings is 1. The van der Waals surface area contributed by atoms with Crippen LogP contribution in [0.25, 0.3) is 0 Å². The minimum Gasteiger partial charge on any atom is -0.486 e. The summed E-state index contributed by atoms with van der Waals surface area (Å²) in [4.78, 5) is 2.47. The zero-order valence-corrected chi connectivity index (χ0v) is 10.4. The van der Waals surface area contributed by atoms with E-state index in [1.807, 2.05) is 12.1 Å². The van der Waals surface area contributed by atoms with E-state index in [0.717, 1.165) is 38.9 Å². The average Bonchev–Trinajstić information content (AvgIpc) is 2.41. The molecule has 0 spiro atoms. The Morgan fingerprint density at radius 1 is 1.22 bits per heavy atom. The Hall–Kier alpha value is -1.73. The number of ether oxygens (including phenoxy) is 1. The lowest BCUT2D eigenvalue weighted by Gasteiger charge is -2.48. The van der Waals surface area contributed by atoms with Gasteiger partial charge in [0.2, 0.25) is 0 Å². The normalized spacial score (nSPS) is 29.8. The van der Waals surface area contributed by atoms with Crippen LogP contribution >= 0.6 is 0 Å². The van der Waals surface area contributed by atoms with E-state index in [1.165, 1.54) is 0 Å². The number of piperidine rings is 3. The van der Waals surface area contributed by atoms with E-state index in [4.69, 9.17) is 10.5 Å². The molecule has 3 aliphatic heterocycles. The number of hydrogen-bond acceptors (Lipinski definition) is 4. The third-order valence-corrected chi connectivity index (χ3v) is 4.15. The molecule has 0 aliphatic carbocycles. The lowest BCUT2D eigenvalue weighted by atomic mass is 9.83. The second-order valence-corrected chi connectivity index (χ2v) is 5.21. The van der Waals surface area contributed by atoms with Crippen molar-refractivity contribution in [3.8, 4) is 11.8 Å². The molecule has 1 aromatic rings. The van der Waals surface area contributed by atoms with E-state index >= 15 is 0 Å². The molecule has 3 fully saturated rings. The first kappa shape index (κ1) is 11.4. The predicted octanol–water partition coefficient (Wildman–Crippen LogP) is 1.76. The molecule has 3 saturated heterocycles. The molecule has 2 N–H and O–H groups in total. The van der Waals surface area contributed by atoms with Crippen molar-refractivity contribution in [2.75, 3.05) is 25.4 Å². The monoisotopic (exact) mass is 243 g/mol. The summed E-state index contributed by atoms with van der Waals surface area (Å²) in [6.45, 7) is 3.30. The van der Waals surface area contributed by atoms with Crippen LogP contribution in [0.5, 0.6) is 5.75 Å². The molecular formula is C14H17N3O. The number of nitrogens with zero attached hydrogens (tertiary/aromatic N) is 2. The molecule has 4 heteroatoms. The highest BCUT2D eigenvalue weighted by Crippen LogP contribution is 2.38. The van der Waals surface area contributed by atoms with Crippen molar-refractivity contribution >= 4 is 5.69 Å². The number of anilines is 1. The molecule has 2 bridgehead atoms. The maximum atomic E-state index is 9.18. The Bertz CT molecular complexity index is 484. The maximum absolute atomic E-state index is 9.18. The van der Waals surface area contributed by atoms with Crippen molar-refractivity contribution < 1.29 is 4.74 Å². The number of hydrogen-bond donors (Lipinski definition) is 1. The van der Waals surface area contributed by atoms with Gasteiger partial charge < -0.3 is 15.4 Å². The fourth-order valence-corrected chi connectivity index (χ4v) is 2.94. The van der Waals surface area contributed by atoms with E-state index < -0.39 is 0 Å². The number of fused-ring (bicyclic) bond motifs is 3. The minimum absolute atomic E-state index is 0.0753. The van der Waals surface area contributed by atoms with Crippen LogP contribution in [0.4, 0.5) is 5.69 Å². The van der Waals surface area contributed by atoms with Crippen LogP contribution < -0.4 is 10.5 Å². The van der Waals surface area contributed by atoms with Gasteiger partial charge in [0.1, 0.15) is 23.0 Å². The van der Waals surface area contributed by atoms with Crippen LogP contribution in [0, 0.1) is 11.3 Å². The van der Waals surface area contributed by atoms with Crippen LogP contribution in [0.15, 0.2) is 18.2 Å². The topological polar surface area (TPSA) is 62.3 Å². The zero-order valence-electron chi connectivity index (χ0n) is 10.4. The molecule has 0 atom stereocenters. The molecule has 18 heavy (non-hydrogen) atoms. The summed E-state index contributed by atoms with van der Waals surface area (Å²) in [5.41, 5.74) is 6.72. The summed E-state index contributed by atoms with van der Waals surface area (Å²) in [6.07, 6.45) is 3.14. The standard InChI is InChI=1S/C14H17N3O/c15-10-11-12(16)2-1-3-13(11)18-14-4-7-17(8-5-14)9-6-14/h1-3H,4-9,16H2. The molecule has 0 unspecified atom stereocenters. The van der Waals surface area contributed by atoms with Crippen LogP contribution in [0.3, 0.4) is 0 Å². The molecule has 4 nitrogen and oxygen atoms in total. The predicted molar refractivity (Wildman–Crippen MR) is 69.2 cm³/mol. The van der Waals surface area contributed by atoms with Crippen molar-refractivity contribution in [3.05, 3.63) is 23.8 Å². The van der Waals surface area contributed by atoms with Gasteiger partial charge in [0.25, 0.3) is 0 Å². The van der Waals surface area contributed by atoms with Crippen LogP contribution in [0.1, 0.15) is 24.8 Å². The molecule has 0 radical (unpaired) electrons. The highest BCUT2D eigenvalue weighted by atomic mass is 16.5. The Labute approximate surface area is 107 Å². The molecule has 0 amide bonds. The van der Waals surface area contributed by atoms with Crippen molar-refractivity contribution in [1.29, 1.82) is 5.26 Å². The van der Waals surface area contributed by atoms with E-state index in [-0.39, 0.29) is 5.60 Å². The van der Waals surface area contributed by atoms with Gasteiger partial charge in [-0.15, -0.1) is 0 Å². The fourth-order valence-electron chi connectivity index (χ4n) is 2.94. The molecule has 3 heterocycles. The molecule has 0 aromatic heterocycles. The van der Waals surface area contributed by atoms with E-state index in [1.54, 1.807) is 6.07 Å². The molecule has 3 aliphatic rings. The lowest BCUT2D eigenvalue weighted by Crippen LogP contribution is -2.55. The lowest BCUT2D eigenvalue weighted by molar-refractivity contribution is -0.0512. The number of rotatable bonds is 2. The van der Waals surface area contributed by atoms with E-state index in [9.17, 15) is 5.26 Å².